The lowest BCUT2D eigenvalue weighted by Gasteiger charge is -2.34. The van der Waals surface area contributed by atoms with Gasteiger partial charge >= 0.3 is 0 Å². The Kier molecular flexibility index (Phi) is 4.67. The zero-order valence-corrected chi connectivity index (χ0v) is 12.5. The number of nitrogens with zero attached hydrogens (tertiary/aromatic N) is 1. The first kappa shape index (κ1) is 15.2. The molecule has 1 fully saturated rings. The van der Waals surface area contributed by atoms with Crippen LogP contribution in [0, 0.1) is 5.92 Å². The van der Waals surface area contributed by atoms with E-state index in [1.807, 2.05) is 6.07 Å². The predicted molar refractivity (Wildman–Crippen MR) is 83.2 cm³/mol. The van der Waals surface area contributed by atoms with Crippen molar-refractivity contribution in [1.29, 1.82) is 0 Å². The van der Waals surface area contributed by atoms with Crippen molar-refractivity contribution in [1.82, 2.24) is 10.6 Å². The number of rotatable bonds is 3. The molecule has 0 radical (unpaired) electrons. The van der Waals surface area contributed by atoms with Gasteiger partial charge in [0.15, 0.2) is 0 Å². The minimum absolute atomic E-state index is 0.0123. The maximum absolute atomic E-state index is 11.8. The van der Waals surface area contributed by atoms with E-state index in [2.05, 4.69) is 15.5 Å². The van der Waals surface area contributed by atoms with E-state index in [4.69, 9.17) is 5.73 Å². The third kappa shape index (κ3) is 3.26. The summed E-state index contributed by atoms with van der Waals surface area (Å²) in [5.41, 5.74) is 8.07. The zero-order chi connectivity index (χ0) is 15.4. The molecule has 6 heteroatoms. The van der Waals surface area contributed by atoms with Crippen molar-refractivity contribution < 1.29 is 9.59 Å². The first-order valence-corrected chi connectivity index (χ1v) is 7.15. The number of nitrogens with one attached hydrogen (secondary N) is 2. The van der Waals surface area contributed by atoms with Gasteiger partial charge in [-0.25, -0.2) is 0 Å². The number of hydrogen-bond donors (Lipinski definition) is 3. The smallest absolute Gasteiger partial charge is 0.251 e. The number of anilines is 2. The fourth-order valence-electron chi connectivity index (χ4n) is 2.74. The molecule has 2 amide bonds. The highest BCUT2D eigenvalue weighted by atomic mass is 16.2. The fourth-order valence-corrected chi connectivity index (χ4v) is 2.74. The molecule has 0 aromatic heterocycles. The van der Waals surface area contributed by atoms with Gasteiger partial charge in [-0.3, -0.25) is 9.59 Å². The summed E-state index contributed by atoms with van der Waals surface area (Å²) < 4.78 is 0. The highest BCUT2D eigenvalue weighted by molar-refractivity contribution is 5.96. The summed E-state index contributed by atoms with van der Waals surface area (Å²) >= 11 is 0. The lowest BCUT2D eigenvalue weighted by Crippen LogP contribution is -2.42. The fraction of sp³-hybridized carbons (Fsp3) is 0.467. The molecule has 1 aromatic rings. The standard InChI is InChI=1S/C15H22N4O2/c1-17-14(20)10-5-6-13(12(16)8-10)19-7-3-4-11(9-19)15(21)18-2/h5-6,8,11H,3-4,7,9,16H2,1-2H3,(H,17,20)(H,18,21). The minimum atomic E-state index is -0.157. The monoisotopic (exact) mass is 290 g/mol. The summed E-state index contributed by atoms with van der Waals surface area (Å²) in [7, 11) is 3.25. The summed E-state index contributed by atoms with van der Waals surface area (Å²) in [6, 6.07) is 5.29. The molecular weight excluding hydrogens is 268 g/mol. The second-order valence-corrected chi connectivity index (χ2v) is 5.25. The molecule has 114 valence electrons. The van der Waals surface area contributed by atoms with E-state index in [0.717, 1.165) is 25.1 Å². The van der Waals surface area contributed by atoms with Crippen molar-refractivity contribution in [3.8, 4) is 0 Å². The molecule has 21 heavy (non-hydrogen) atoms. The van der Waals surface area contributed by atoms with Crippen LogP contribution in [0.2, 0.25) is 0 Å². The summed E-state index contributed by atoms with van der Waals surface area (Å²) in [4.78, 5) is 25.5. The first-order valence-electron chi connectivity index (χ1n) is 7.15. The van der Waals surface area contributed by atoms with Gasteiger partial charge in [0.05, 0.1) is 17.3 Å². The Labute approximate surface area is 124 Å². The van der Waals surface area contributed by atoms with Crippen LogP contribution in [0.25, 0.3) is 0 Å². The van der Waals surface area contributed by atoms with Crippen molar-refractivity contribution in [3.63, 3.8) is 0 Å². The second kappa shape index (κ2) is 6.47. The lowest BCUT2D eigenvalue weighted by atomic mass is 9.96. The van der Waals surface area contributed by atoms with Gasteiger partial charge < -0.3 is 21.3 Å². The Morgan fingerprint density at radius 3 is 2.67 bits per heavy atom. The predicted octanol–water partition coefficient (Wildman–Crippen LogP) is 0.591. The van der Waals surface area contributed by atoms with Crippen LogP contribution < -0.4 is 21.3 Å². The summed E-state index contributed by atoms with van der Waals surface area (Å²) in [6.45, 7) is 1.53. The van der Waals surface area contributed by atoms with Gasteiger partial charge in [-0.15, -0.1) is 0 Å². The SMILES string of the molecule is CNC(=O)c1ccc(N2CCCC(C(=O)NC)C2)c(N)c1. The van der Waals surface area contributed by atoms with E-state index in [9.17, 15) is 9.59 Å². The van der Waals surface area contributed by atoms with Crippen molar-refractivity contribution in [3.05, 3.63) is 23.8 Å². The van der Waals surface area contributed by atoms with Crippen LogP contribution in [0.3, 0.4) is 0 Å². The van der Waals surface area contributed by atoms with Crippen molar-refractivity contribution in [2.45, 2.75) is 12.8 Å². The molecule has 0 aliphatic carbocycles. The lowest BCUT2D eigenvalue weighted by molar-refractivity contribution is -0.124. The van der Waals surface area contributed by atoms with Crippen LogP contribution in [0.5, 0.6) is 0 Å². The average Bonchev–Trinajstić information content (AvgIpc) is 2.53. The summed E-state index contributed by atoms with van der Waals surface area (Å²) in [5, 5.41) is 5.28. The number of carbonyl (C=O) groups excluding carboxylic acids is 2. The molecule has 6 nitrogen and oxygen atoms in total. The highest BCUT2D eigenvalue weighted by Crippen LogP contribution is 2.29. The van der Waals surface area contributed by atoms with E-state index in [-0.39, 0.29) is 17.7 Å². The van der Waals surface area contributed by atoms with E-state index in [1.165, 1.54) is 0 Å². The van der Waals surface area contributed by atoms with E-state index < -0.39 is 0 Å². The summed E-state index contributed by atoms with van der Waals surface area (Å²) in [6.07, 6.45) is 1.85. The maximum Gasteiger partial charge on any atom is 0.251 e. The van der Waals surface area contributed by atoms with Gasteiger partial charge in [0.25, 0.3) is 5.91 Å². The number of carbonyl (C=O) groups is 2. The van der Waals surface area contributed by atoms with Gasteiger partial charge in [0.1, 0.15) is 0 Å². The molecule has 0 spiro atoms. The van der Waals surface area contributed by atoms with Crippen LogP contribution >= 0.6 is 0 Å². The molecular formula is C15H22N4O2. The molecule has 1 aliphatic heterocycles. The Morgan fingerprint density at radius 1 is 1.29 bits per heavy atom. The van der Waals surface area contributed by atoms with E-state index >= 15 is 0 Å². The molecule has 1 atom stereocenters. The van der Waals surface area contributed by atoms with Crippen molar-refractivity contribution >= 4 is 23.2 Å². The average molecular weight is 290 g/mol. The molecule has 1 aromatic carbocycles. The third-order valence-electron chi connectivity index (χ3n) is 3.90. The number of nitrogen functional groups attached to an aromatic ring is 1. The Hall–Kier alpha value is -2.24. The number of nitrogens with two attached hydrogens (primary N) is 1. The van der Waals surface area contributed by atoms with Crippen molar-refractivity contribution in [2.75, 3.05) is 37.8 Å². The zero-order valence-electron chi connectivity index (χ0n) is 12.5. The Bertz CT molecular complexity index is 544. The first-order chi connectivity index (χ1) is 10.1. The molecule has 1 unspecified atom stereocenters. The van der Waals surface area contributed by atoms with Gasteiger partial charge in [0, 0.05) is 32.7 Å². The Morgan fingerprint density at radius 2 is 2.05 bits per heavy atom. The van der Waals surface area contributed by atoms with Crippen LogP contribution in [-0.2, 0) is 4.79 Å². The normalized spacial score (nSPS) is 18.2. The molecule has 1 heterocycles. The largest absolute Gasteiger partial charge is 0.397 e. The molecule has 1 aliphatic rings. The summed E-state index contributed by atoms with van der Waals surface area (Å²) in [5.74, 6) is -0.0999. The molecule has 4 N–H and O–H groups in total. The van der Waals surface area contributed by atoms with Gasteiger partial charge in [-0.05, 0) is 31.0 Å². The van der Waals surface area contributed by atoms with Crippen LogP contribution in [-0.4, -0.2) is 39.0 Å². The second-order valence-electron chi connectivity index (χ2n) is 5.25. The van der Waals surface area contributed by atoms with Gasteiger partial charge in [0.2, 0.25) is 5.91 Å². The maximum atomic E-state index is 11.8. The van der Waals surface area contributed by atoms with Crippen LogP contribution in [0.15, 0.2) is 18.2 Å². The van der Waals surface area contributed by atoms with Gasteiger partial charge in [-0.2, -0.15) is 0 Å². The number of piperidine rings is 1. The molecule has 0 bridgehead atoms. The molecule has 2 rings (SSSR count). The van der Waals surface area contributed by atoms with Crippen LogP contribution in [0.4, 0.5) is 11.4 Å². The Balaban J connectivity index is 2.18. The van der Waals surface area contributed by atoms with E-state index in [0.29, 0.717) is 17.8 Å². The number of benzene rings is 1. The van der Waals surface area contributed by atoms with Gasteiger partial charge in [-0.1, -0.05) is 0 Å². The third-order valence-corrected chi connectivity index (χ3v) is 3.90. The topological polar surface area (TPSA) is 87.5 Å². The highest BCUT2D eigenvalue weighted by Gasteiger charge is 2.26. The van der Waals surface area contributed by atoms with E-state index in [1.54, 1.807) is 26.2 Å². The number of hydrogen-bond acceptors (Lipinski definition) is 4. The quantitative estimate of drug-likeness (QED) is 0.711. The molecule has 1 saturated heterocycles. The van der Waals surface area contributed by atoms with Crippen molar-refractivity contribution in [2.24, 2.45) is 5.92 Å². The minimum Gasteiger partial charge on any atom is -0.397 e. The number of amides is 2. The molecule has 0 saturated carbocycles. The van der Waals surface area contributed by atoms with Crippen LogP contribution in [0.1, 0.15) is 23.2 Å².